The van der Waals surface area contributed by atoms with Gasteiger partial charge in [-0.15, -0.1) is 0 Å². The van der Waals surface area contributed by atoms with Gasteiger partial charge in [0.25, 0.3) is 0 Å². The maximum atomic E-state index is 8.27. The van der Waals surface area contributed by atoms with Crippen LogP contribution in [0, 0.1) is 6.92 Å². The first-order chi connectivity index (χ1) is 14.2. The maximum absolute atomic E-state index is 8.27. The summed E-state index contributed by atoms with van der Waals surface area (Å²) in [4.78, 5) is 7.26. The van der Waals surface area contributed by atoms with Gasteiger partial charge in [-0.1, -0.05) is 47.1 Å². The lowest BCUT2D eigenvalue weighted by Crippen LogP contribution is -1.99. The molecule has 0 bridgehead atoms. The zero-order valence-electron chi connectivity index (χ0n) is 16.6. The van der Waals surface area contributed by atoms with Gasteiger partial charge in [0, 0.05) is 23.2 Å². The highest BCUT2D eigenvalue weighted by molar-refractivity contribution is 5.66. The van der Waals surface area contributed by atoms with Gasteiger partial charge < -0.3 is 9.73 Å². The third-order valence-corrected chi connectivity index (χ3v) is 4.53. The molecule has 6 nitrogen and oxygen atoms in total. The fraction of sp³-hybridized carbons (Fsp3) is 0.261. The second-order valence-electron chi connectivity index (χ2n) is 6.88. The number of unbranched alkanes of at least 4 members (excludes halogenated alkanes) is 1. The van der Waals surface area contributed by atoms with Crippen molar-refractivity contribution >= 4 is 17.8 Å². The summed E-state index contributed by atoms with van der Waals surface area (Å²) >= 11 is 0. The van der Waals surface area contributed by atoms with Gasteiger partial charge in [0.1, 0.15) is 6.26 Å². The summed E-state index contributed by atoms with van der Waals surface area (Å²) in [6, 6.07) is 16.7. The molecule has 0 unspecified atom stereocenters. The van der Waals surface area contributed by atoms with E-state index in [1.165, 1.54) is 11.1 Å². The molecule has 148 valence electrons. The van der Waals surface area contributed by atoms with Crippen molar-refractivity contribution in [1.82, 2.24) is 4.98 Å². The van der Waals surface area contributed by atoms with Gasteiger partial charge in [-0.05, 0) is 61.1 Å². The first kappa shape index (κ1) is 20.2. The van der Waals surface area contributed by atoms with Crippen molar-refractivity contribution < 1.29 is 4.42 Å². The lowest BCUT2D eigenvalue weighted by molar-refractivity contribution is 0.545. The van der Waals surface area contributed by atoms with Gasteiger partial charge in [0.15, 0.2) is 0 Å². The average Bonchev–Trinajstić information content (AvgIpc) is 3.20. The van der Waals surface area contributed by atoms with Crippen molar-refractivity contribution in [1.29, 1.82) is 0 Å². The monoisotopic (exact) mass is 387 g/mol. The Morgan fingerprint density at radius 3 is 2.62 bits per heavy atom. The van der Waals surface area contributed by atoms with Gasteiger partial charge in [-0.3, -0.25) is 0 Å². The molecule has 1 heterocycles. The first-order valence-corrected chi connectivity index (χ1v) is 9.76. The molecule has 3 rings (SSSR count). The number of nitrogens with zero attached hydrogens (tertiary/aromatic N) is 4. The Bertz CT molecular complexity index is 967. The second-order valence-corrected chi connectivity index (χ2v) is 6.88. The summed E-state index contributed by atoms with van der Waals surface area (Å²) in [7, 11) is 0. The predicted molar refractivity (Wildman–Crippen MR) is 117 cm³/mol. The molecule has 0 aliphatic carbocycles. The van der Waals surface area contributed by atoms with Crippen LogP contribution in [0.5, 0.6) is 0 Å². The predicted octanol–water partition coefficient (Wildman–Crippen LogP) is 6.40. The van der Waals surface area contributed by atoms with Crippen LogP contribution in [0.1, 0.15) is 41.1 Å². The summed E-state index contributed by atoms with van der Waals surface area (Å²) in [5.74, 6) is 0.596. The van der Waals surface area contributed by atoms with Gasteiger partial charge in [0.2, 0.25) is 5.89 Å². The highest BCUT2D eigenvalue weighted by atomic mass is 16.3. The molecule has 6 heteroatoms. The van der Waals surface area contributed by atoms with E-state index in [1.807, 2.05) is 12.2 Å². The molecule has 0 aliphatic rings. The molecular weight excluding hydrogens is 362 g/mol. The quantitative estimate of drug-likeness (QED) is 0.189. The van der Waals surface area contributed by atoms with E-state index >= 15 is 0 Å². The van der Waals surface area contributed by atoms with E-state index in [9.17, 15) is 0 Å². The van der Waals surface area contributed by atoms with Crippen molar-refractivity contribution in [3.05, 3.63) is 93.5 Å². The van der Waals surface area contributed by atoms with Crippen LogP contribution >= 0.6 is 0 Å². The number of benzene rings is 2. The minimum atomic E-state index is 0.566. The summed E-state index contributed by atoms with van der Waals surface area (Å²) in [5, 5.41) is 6.92. The van der Waals surface area contributed by atoms with Crippen LogP contribution in [0.4, 0.5) is 5.69 Å². The second kappa shape index (κ2) is 10.7. The molecular formula is C23H25N5O. The van der Waals surface area contributed by atoms with E-state index in [4.69, 9.17) is 9.95 Å². The molecule has 2 aromatic carbocycles. The minimum absolute atomic E-state index is 0.566. The molecule has 0 saturated heterocycles. The Kier molecular flexibility index (Phi) is 7.49. The summed E-state index contributed by atoms with van der Waals surface area (Å²) in [5.41, 5.74) is 13.8. The number of hydrogen-bond donors (Lipinski definition) is 1. The Balaban J connectivity index is 1.45. The molecule has 0 atom stereocenters. The number of rotatable bonds is 10. The van der Waals surface area contributed by atoms with Crippen LogP contribution in [0.15, 0.2) is 64.3 Å². The lowest BCUT2D eigenvalue weighted by Gasteiger charge is -2.06. The molecule has 1 N–H and O–H groups in total. The molecule has 0 aliphatic heterocycles. The number of anilines is 1. The van der Waals surface area contributed by atoms with E-state index in [1.54, 1.807) is 6.26 Å². The topological polar surface area (TPSA) is 86.8 Å². The van der Waals surface area contributed by atoms with E-state index in [0.29, 0.717) is 19.0 Å². The Labute approximate surface area is 170 Å². The van der Waals surface area contributed by atoms with Crippen LogP contribution in [0.25, 0.3) is 22.6 Å². The smallest absolute Gasteiger partial charge is 0.218 e. The summed E-state index contributed by atoms with van der Waals surface area (Å²) in [6.45, 7) is 3.24. The van der Waals surface area contributed by atoms with Crippen LogP contribution < -0.4 is 5.32 Å². The number of azide groups is 1. The minimum Gasteiger partial charge on any atom is -0.445 e. The number of oxazole rings is 1. The fourth-order valence-corrected chi connectivity index (χ4v) is 2.86. The van der Waals surface area contributed by atoms with Crippen molar-refractivity contribution in [2.24, 2.45) is 5.11 Å². The Morgan fingerprint density at radius 2 is 1.86 bits per heavy atom. The third-order valence-electron chi connectivity index (χ3n) is 4.53. The number of aromatic nitrogens is 1. The first-order valence-electron chi connectivity index (χ1n) is 9.76. The normalized spacial score (nSPS) is 10.8. The summed E-state index contributed by atoms with van der Waals surface area (Å²) in [6.07, 6.45) is 8.47. The van der Waals surface area contributed by atoms with E-state index in [0.717, 1.165) is 36.2 Å². The Morgan fingerprint density at radius 1 is 1.07 bits per heavy atom. The molecule has 0 radical (unpaired) electrons. The molecule has 0 spiro atoms. The van der Waals surface area contributed by atoms with Crippen molar-refractivity contribution in [3.8, 4) is 0 Å². The van der Waals surface area contributed by atoms with Crippen molar-refractivity contribution in [2.75, 3.05) is 11.9 Å². The van der Waals surface area contributed by atoms with Crippen molar-refractivity contribution in [2.45, 2.75) is 32.7 Å². The van der Waals surface area contributed by atoms with E-state index in [2.05, 4.69) is 75.8 Å². The van der Waals surface area contributed by atoms with Gasteiger partial charge in [-0.25, -0.2) is 4.98 Å². The molecule has 29 heavy (non-hydrogen) atoms. The fourth-order valence-electron chi connectivity index (χ4n) is 2.86. The zero-order valence-corrected chi connectivity index (χ0v) is 16.6. The van der Waals surface area contributed by atoms with Gasteiger partial charge in [0.05, 0.1) is 12.2 Å². The molecule has 1 aromatic heterocycles. The van der Waals surface area contributed by atoms with Gasteiger partial charge >= 0.3 is 0 Å². The highest BCUT2D eigenvalue weighted by Crippen LogP contribution is 2.14. The maximum Gasteiger partial charge on any atom is 0.218 e. The average molecular weight is 387 g/mol. The number of nitrogens with one attached hydrogen (secondary N) is 1. The molecule has 0 saturated carbocycles. The SMILES string of the molecule is Cc1ccc(/C=C/c2nc(CNc3ccc(CCCCN=[N+]=[N-])cc3)co2)cc1. The zero-order chi connectivity index (χ0) is 20.3. The standard InChI is InChI=1S/C23H25N5O/c1-18-5-7-20(8-6-18)11-14-23-27-22(17-29-23)16-25-21-12-9-19(10-13-21)4-2-3-15-26-28-24/h5-14,17,25H,2-4,15-16H2,1H3/b14-11+. The largest absolute Gasteiger partial charge is 0.445 e. The van der Waals surface area contributed by atoms with E-state index in [-0.39, 0.29) is 0 Å². The summed E-state index contributed by atoms with van der Waals surface area (Å²) < 4.78 is 5.52. The van der Waals surface area contributed by atoms with E-state index < -0.39 is 0 Å². The van der Waals surface area contributed by atoms with Crippen LogP contribution in [0.3, 0.4) is 0 Å². The van der Waals surface area contributed by atoms with Crippen LogP contribution in [-0.2, 0) is 13.0 Å². The lowest BCUT2D eigenvalue weighted by atomic mass is 10.1. The molecule has 3 aromatic rings. The van der Waals surface area contributed by atoms with Gasteiger partial charge in [-0.2, -0.15) is 0 Å². The Hall–Kier alpha value is -3.50. The highest BCUT2D eigenvalue weighted by Gasteiger charge is 2.02. The number of aryl methyl sites for hydroxylation is 2. The van der Waals surface area contributed by atoms with Crippen LogP contribution in [-0.4, -0.2) is 11.5 Å². The molecule has 0 amide bonds. The molecule has 0 fully saturated rings. The third kappa shape index (κ3) is 6.87. The number of hydrogen-bond acceptors (Lipinski definition) is 4. The van der Waals surface area contributed by atoms with Crippen LogP contribution in [0.2, 0.25) is 0 Å². The van der Waals surface area contributed by atoms with Crippen molar-refractivity contribution in [3.63, 3.8) is 0 Å².